The molecule has 0 aromatic carbocycles. The minimum atomic E-state index is -0.845. The second kappa shape index (κ2) is 6.77. The Hall–Kier alpha value is -2.11. The number of pyridine rings is 1. The SMILES string of the molecule is CC[C@H](C)[C@H](C(=O)O)C1CNC(=O)N1Cc1ccc(C)nc1. The molecule has 3 atom stereocenters. The topological polar surface area (TPSA) is 82.5 Å². The van der Waals surface area contributed by atoms with Gasteiger partial charge in [0.15, 0.2) is 0 Å². The van der Waals surface area contributed by atoms with Crippen LogP contribution in [0.1, 0.15) is 31.5 Å². The molecular formula is C16H23N3O3. The third-order valence-electron chi connectivity index (χ3n) is 4.41. The molecule has 6 heteroatoms. The van der Waals surface area contributed by atoms with Crippen molar-refractivity contribution in [1.29, 1.82) is 0 Å². The lowest BCUT2D eigenvalue weighted by molar-refractivity contribution is -0.145. The number of rotatable bonds is 6. The Labute approximate surface area is 130 Å². The van der Waals surface area contributed by atoms with Gasteiger partial charge >= 0.3 is 12.0 Å². The number of nitrogens with one attached hydrogen (secondary N) is 1. The number of aryl methyl sites for hydroxylation is 1. The lowest BCUT2D eigenvalue weighted by Gasteiger charge is -2.31. The quantitative estimate of drug-likeness (QED) is 0.842. The Kier molecular flexibility index (Phi) is 5.00. The molecule has 2 amide bonds. The van der Waals surface area contributed by atoms with Crippen molar-refractivity contribution in [2.24, 2.45) is 11.8 Å². The van der Waals surface area contributed by atoms with E-state index in [1.165, 1.54) is 0 Å². The second-order valence-corrected chi connectivity index (χ2v) is 5.94. The van der Waals surface area contributed by atoms with Crippen molar-refractivity contribution in [2.75, 3.05) is 6.54 Å². The van der Waals surface area contributed by atoms with Crippen molar-refractivity contribution in [3.8, 4) is 0 Å². The molecule has 120 valence electrons. The maximum Gasteiger partial charge on any atom is 0.318 e. The number of carboxylic acid groups (broad SMARTS) is 1. The van der Waals surface area contributed by atoms with Crippen LogP contribution < -0.4 is 5.32 Å². The summed E-state index contributed by atoms with van der Waals surface area (Å²) in [6, 6.07) is 3.27. The number of hydrogen-bond acceptors (Lipinski definition) is 3. The lowest BCUT2D eigenvalue weighted by Crippen LogP contribution is -2.44. The smallest absolute Gasteiger partial charge is 0.318 e. The maximum absolute atomic E-state index is 12.1. The predicted octanol–water partition coefficient (Wildman–Crippen LogP) is 2.03. The maximum atomic E-state index is 12.1. The van der Waals surface area contributed by atoms with Gasteiger partial charge in [0, 0.05) is 25.0 Å². The van der Waals surface area contributed by atoms with E-state index in [-0.39, 0.29) is 18.0 Å². The summed E-state index contributed by atoms with van der Waals surface area (Å²) in [6.45, 7) is 6.55. The van der Waals surface area contributed by atoms with E-state index in [1.54, 1.807) is 11.1 Å². The highest BCUT2D eigenvalue weighted by Gasteiger charge is 2.42. The summed E-state index contributed by atoms with van der Waals surface area (Å²) in [4.78, 5) is 29.6. The molecule has 2 N–H and O–H groups in total. The second-order valence-electron chi connectivity index (χ2n) is 5.94. The van der Waals surface area contributed by atoms with Gasteiger partial charge in [-0.05, 0) is 24.5 Å². The molecule has 1 unspecified atom stereocenters. The average Bonchev–Trinajstić information content (AvgIpc) is 2.82. The fourth-order valence-electron chi connectivity index (χ4n) is 2.89. The highest BCUT2D eigenvalue weighted by Crippen LogP contribution is 2.27. The van der Waals surface area contributed by atoms with Crippen molar-refractivity contribution in [3.05, 3.63) is 29.6 Å². The van der Waals surface area contributed by atoms with Gasteiger partial charge in [0.1, 0.15) is 0 Å². The van der Waals surface area contributed by atoms with E-state index in [4.69, 9.17) is 0 Å². The van der Waals surface area contributed by atoms with Crippen LogP contribution in [0.2, 0.25) is 0 Å². The molecule has 1 aliphatic rings. The van der Waals surface area contributed by atoms with Crippen molar-refractivity contribution < 1.29 is 14.7 Å². The Morgan fingerprint density at radius 2 is 2.27 bits per heavy atom. The van der Waals surface area contributed by atoms with Crippen LogP contribution in [-0.4, -0.2) is 39.6 Å². The summed E-state index contributed by atoms with van der Waals surface area (Å²) >= 11 is 0. The van der Waals surface area contributed by atoms with Gasteiger partial charge in [0.05, 0.1) is 12.0 Å². The summed E-state index contributed by atoms with van der Waals surface area (Å²) < 4.78 is 0. The van der Waals surface area contributed by atoms with Gasteiger partial charge in [-0.1, -0.05) is 26.3 Å². The molecule has 2 rings (SSSR count). The Bertz CT molecular complexity index is 544. The minimum Gasteiger partial charge on any atom is -0.481 e. The number of carbonyl (C=O) groups excluding carboxylic acids is 1. The third-order valence-corrected chi connectivity index (χ3v) is 4.41. The first-order valence-corrected chi connectivity index (χ1v) is 7.62. The molecule has 6 nitrogen and oxygen atoms in total. The van der Waals surface area contributed by atoms with Crippen LogP contribution >= 0.6 is 0 Å². The van der Waals surface area contributed by atoms with Crippen molar-refractivity contribution in [1.82, 2.24) is 15.2 Å². The first-order chi connectivity index (χ1) is 10.4. The van der Waals surface area contributed by atoms with Crippen molar-refractivity contribution in [3.63, 3.8) is 0 Å². The zero-order valence-electron chi connectivity index (χ0n) is 13.2. The molecule has 1 fully saturated rings. The zero-order chi connectivity index (χ0) is 16.3. The molecule has 0 aliphatic carbocycles. The molecule has 1 aromatic rings. The van der Waals surface area contributed by atoms with E-state index >= 15 is 0 Å². The molecule has 1 aromatic heterocycles. The van der Waals surface area contributed by atoms with Gasteiger partial charge in [0.2, 0.25) is 0 Å². The number of urea groups is 1. The molecule has 2 heterocycles. The fourth-order valence-corrected chi connectivity index (χ4v) is 2.89. The van der Waals surface area contributed by atoms with Crippen molar-refractivity contribution >= 4 is 12.0 Å². The van der Waals surface area contributed by atoms with E-state index < -0.39 is 11.9 Å². The number of carboxylic acids is 1. The normalized spacial score (nSPS) is 20.6. The fraction of sp³-hybridized carbons (Fsp3) is 0.562. The van der Waals surface area contributed by atoms with E-state index in [9.17, 15) is 14.7 Å². The summed E-state index contributed by atoms with van der Waals surface area (Å²) in [6.07, 6.45) is 2.50. The molecular weight excluding hydrogens is 282 g/mol. The van der Waals surface area contributed by atoms with Crippen LogP contribution in [0.15, 0.2) is 18.3 Å². The van der Waals surface area contributed by atoms with Gasteiger partial charge < -0.3 is 15.3 Å². The van der Waals surface area contributed by atoms with Gasteiger partial charge in [0.25, 0.3) is 0 Å². The van der Waals surface area contributed by atoms with Crippen LogP contribution in [0, 0.1) is 18.8 Å². The van der Waals surface area contributed by atoms with E-state index in [2.05, 4.69) is 10.3 Å². The molecule has 0 spiro atoms. The first kappa shape index (κ1) is 16.3. The Balaban J connectivity index is 2.21. The van der Waals surface area contributed by atoms with E-state index in [0.717, 1.165) is 17.7 Å². The van der Waals surface area contributed by atoms with Crippen LogP contribution in [0.25, 0.3) is 0 Å². The number of carbonyl (C=O) groups is 2. The summed E-state index contributed by atoms with van der Waals surface area (Å²) in [7, 11) is 0. The van der Waals surface area contributed by atoms with Crippen molar-refractivity contribution in [2.45, 2.75) is 39.8 Å². The van der Waals surface area contributed by atoms with E-state index in [0.29, 0.717) is 13.1 Å². The molecule has 1 aliphatic heterocycles. The number of amides is 2. The van der Waals surface area contributed by atoms with Crippen LogP contribution in [-0.2, 0) is 11.3 Å². The number of nitrogens with zero attached hydrogens (tertiary/aromatic N) is 2. The first-order valence-electron chi connectivity index (χ1n) is 7.62. The van der Waals surface area contributed by atoms with Crippen LogP contribution in [0.3, 0.4) is 0 Å². The number of hydrogen-bond donors (Lipinski definition) is 2. The number of aromatic nitrogens is 1. The third kappa shape index (κ3) is 3.37. The molecule has 0 radical (unpaired) electrons. The summed E-state index contributed by atoms with van der Waals surface area (Å²) in [5.41, 5.74) is 1.81. The Morgan fingerprint density at radius 3 is 2.82 bits per heavy atom. The van der Waals surface area contributed by atoms with Gasteiger partial charge in [-0.2, -0.15) is 0 Å². The predicted molar refractivity (Wildman–Crippen MR) is 82.3 cm³/mol. The highest BCUT2D eigenvalue weighted by atomic mass is 16.4. The zero-order valence-corrected chi connectivity index (χ0v) is 13.2. The average molecular weight is 305 g/mol. The van der Waals surface area contributed by atoms with E-state index in [1.807, 2.05) is 32.9 Å². The molecule has 22 heavy (non-hydrogen) atoms. The highest BCUT2D eigenvalue weighted by molar-refractivity contribution is 5.79. The molecule has 0 bridgehead atoms. The Morgan fingerprint density at radius 1 is 1.55 bits per heavy atom. The van der Waals surface area contributed by atoms with Gasteiger partial charge in [-0.15, -0.1) is 0 Å². The standard InChI is InChI=1S/C16H23N3O3/c1-4-10(2)14(15(20)21)13-8-18-16(22)19(13)9-12-6-5-11(3)17-7-12/h5-7,10,13-14H,4,8-9H2,1-3H3,(H,18,22)(H,20,21)/t10-,13?,14-/m0/s1. The van der Waals surface area contributed by atoms with Gasteiger partial charge in [-0.25, -0.2) is 4.79 Å². The van der Waals surface area contributed by atoms with Crippen LogP contribution in [0.4, 0.5) is 4.79 Å². The largest absolute Gasteiger partial charge is 0.481 e. The summed E-state index contributed by atoms with van der Waals surface area (Å²) in [5.74, 6) is -1.40. The number of aliphatic carboxylic acids is 1. The molecule has 0 saturated carbocycles. The molecule has 1 saturated heterocycles. The summed E-state index contributed by atoms with van der Waals surface area (Å²) in [5, 5.41) is 12.3. The van der Waals surface area contributed by atoms with Gasteiger partial charge in [-0.3, -0.25) is 9.78 Å². The lowest BCUT2D eigenvalue weighted by atomic mass is 9.85. The monoisotopic (exact) mass is 305 g/mol. The minimum absolute atomic E-state index is 0.00819. The van der Waals surface area contributed by atoms with Crippen LogP contribution in [0.5, 0.6) is 0 Å².